The zero-order valence-electron chi connectivity index (χ0n) is 20.5. The van der Waals surface area contributed by atoms with Crippen LogP contribution in [0.1, 0.15) is 0 Å². The molecule has 0 aliphatic heterocycles. The van der Waals surface area contributed by atoms with Crippen LogP contribution in [0.15, 0.2) is 134 Å². The first-order chi connectivity index (χ1) is 18.8. The van der Waals surface area contributed by atoms with Gasteiger partial charge in [-0.15, -0.1) is 0 Å². The van der Waals surface area contributed by atoms with E-state index in [0.29, 0.717) is 5.56 Å². The number of nitrogens with zero attached hydrogens (tertiary/aromatic N) is 3. The molecule has 7 aromatic rings. The molecule has 0 fully saturated rings. The van der Waals surface area contributed by atoms with Gasteiger partial charge in [-0.05, 0) is 65.7 Å². The average Bonchev–Trinajstić information content (AvgIpc) is 3.32. The van der Waals surface area contributed by atoms with Crippen LogP contribution in [0.25, 0.3) is 61.3 Å². The normalized spacial score (nSPS) is 11.3. The van der Waals surface area contributed by atoms with E-state index in [4.69, 9.17) is 9.97 Å². The summed E-state index contributed by atoms with van der Waals surface area (Å²) in [6, 6.07) is 42.7. The monoisotopic (exact) mass is 489 g/mol. The third-order valence-electron chi connectivity index (χ3n) is 6.97. The lowest BCUT2D eigenvalue weighted by Gasteiger charge is -2.11. The summed E-state index contributed by atoms with van der Waals surface area (Å²) in [6.07, 6.45) is 1.87. The smallest absolute Gasteiger partial charge is 0.146 e. The summed E-state index contributed by atoms with van der Waals surface area (Å²) >= 11 is 0. The molecule has 3 heterocycles. The molecule has 0 bridgehead atoms. The van der Waals surface area contributed by atoms with Crippen LogP contribution in [0, 0.1) is 0 Å². The summed E-state index contributed by atoms with van der Waals surface area (Å²) in [5.41, 5.74) is 8.60. The lowest BCUT2D eigenvalue weighted by molar-refractivity contribution is 0.477. The van der Waals surface area contributed by atoms with E-state index in [2.05, 4.69) is 89.5 Å². The number of pyridine rings is 2. The fraction of sp³-hybridized carbons (Fsp3) is 0. The van der Waals surface area contributed by atoms with E-state index in [9.17, 15) is 5.11 Å². The molecule has 1 N–H and O–H groups in total. The predicted octanol–water partition coefficient (Wildman–Crippen LogP) is 8.28. The van der Waals surface area contributed by atoms with E-state index in [0.717, 1.165) is 55.7 Å². The zero-order valence-corrected chi connectivity index (χ0v) is 20.5. The van der Waals surface area contributed by atoms with E-state index in [1.807, 2.05) is 42.6 Å². The van der Waals surface area contributed by atoms with Crippen molar-refractivity contribution in [3.63, 3.8) is 0 Å². The fourth-order valence-corrected chi connectivity index (χ4v) is 5.14. The number of rotatable bonds is 4. The molecule has 0 spiro atoms. The van der Waals surface area contributed by atoms with E-state index in [1.54, 1.807) is 6.07 Å². The first-order valence-corrected chi connectivity index (χ1v) is 12.6. The molecule has 4 aromatic carbocycles. The lowest BCUT2D eigenvalue weighted by atomic mass is 10.0. The Morgan fingerprint density at radius 2 is 1.34 bits per heavy atom. The number of fused-ring (bicyclic) bond motifs is 3. The molecule has 0 radical (unpaired) electrons. The molecule has 0 saturated heterocycles. The third kappa shape index (κ3) is 3.71. The van der Waals surface area contributed by atoms with E-state index >= 15 is 0 Å². The van der Waals surface area contributed by atoms with Gasteiger partial charge in [-0.1, -0.05) is 72.8 Å². The van der Waals surface area contributed by atoms with Crippen molar-refractivity contribution in [1.29, 1.82) is 0 Å². The number of phenolic OH excluding ortho intramolecular Hbond substituents is 1. The summed E-state index contributed by atoms with van der Waals surface area (Å²) in [4.78, 5) is 9.76. The van der Waals surface area contributed by atoms with Gasteiger partial charge in [0.05, 0.1) is 16.9 Å². The Balaban J connectivity index is 1.42. The number of hydrogen-bond donors (Lipinski definition) is 1. The van der Waals surface area contributed by atoms with Crippen LogP contribution in [0.4, 0.5) is 0 Å². The Morgan fingerprint density at radius 3 is 2.24 bits per heavy atom. The van der Waals surface area contributed by atoms with Gasteiger partial charge in [0, 0.05) is 33.8 Å². The van der Waals surface area contributed by atoms with Gasteiger partial charge in [0.1, 0.15) is 11.4 Å². The number of aromatic hydroxyl groups is 1. The van der Waals surface area contributed by atoms with Crippen LogP contribution in [0.2, 0.25) is 0 Å². The summed E-state index contributed by atoms with van der Waals surface area (Å²) in [5.74, 6) is 0.216. The quantitative estimate of drug-likeness (QED) is 0.271. The van der Waals surface area contributed by atoms with Crippen molar-refractivity contribution in [2.75, 3.05) is 0 Å². The second kappa shape index (κ2) is 9.02. The summed E-state index contributed by atoms with van der Waals surface area (Å²) in [6.45, 7) is 0. The maximum atomic E-state index is 10.5. The largest absolute Gasteiger partial charge is 0.507 e. The maximum Gasteiger partial charge on any atom is 0.146 e. The highest BCUT2D eigenvalue weighted by molar-refractivity contribution is 6.08. The first kappa shape index (κ1) is 22.0. The van der Waals surface area contributed by atoms with Gasteiger partial charge in [0.2, 0.25) is 0 Å². The molecule has 0 unspecified atom stereocenters. The van der Waals surface area contributed by atoms with Gasteiger partial charge in [0.15, 0.2) is 0 Å². The molecule has 38 heavy (non-hydrogen) atoms. The van der Waals surface area contributed by atoms with E-state index < -0.39 is 0 Å². The molecule has 4 nitrogen and oxygen atoms in total. The summed E-state index contributed by atoms with van der Waals surface area (Å²) in [5, 5.41) is 12.7. The molecule has 0 saturated carbocycles. The molecule has 0 atom stereocenters. The molecule has 0 aliphatic carbocycles. The molecule has 0 aliphatic rings. The molecule has 7 rings (SSSR count). The van der Waals surface area contributed by atoms with Crippen LogP contribution < -0.4 is 0 Å². The van der Waals surface area contributed by atoms with E-state index in [-0.39, 0.29) is 5.75 Å². The Bertz CT molecular complexity index is 1940. The van der Waals surface area contributed by atoms with Crippen molar-refractivity contribution in [2.45, 2.75) is 0 Å². The van der Waals surface area contributed by atoms with Gasteiger partial charge in [-0.3, -0.25) is 9.55 Å². The summed E-state index contributed by atoms with van der Waals surface area (Å²) in [7, 11) is 0. The van der Waals surface area contributed by atoms with Crippen LogP contribution in [-0.4, -0.2) is 19.6 Å². The fourth-order valence-electron chi connectivity index (χ4n) is 5.14. The molecular weight excluding hydrogens is 466 g/mol. The lowest BCUT2D eigenvalue weighted by Crippen LogP contribution is -1.97. The van der Waals surface area contributed by atoms with Gasteiger partial charge < -0.3 is 5.11 Å². The molecular formula is C34H23N3O. The number of aromatic nitrogens is 3. The molecule has 3 aromatic heterocycles. The first-order valence-electron chi connectivity index (χ1n) is 12.6. The second-order valence-corrected chi connectivity index (χ2v) is 9.28. The Morgan fingerprint density at radius 1 is 0.553 bits per heavy atom. The number of para-hydroxylation sites is 2. The Labute approximate surface area is 220 Å². The van der Waals surface area contributed by atoms with Crippen molar-refractivity contribution in [3.05, 3.63) is 134 Å². The van der Waals surface area contributed by atoms with Gasteiger partial charge in [0.25, 0.3) is 0 Å². The predicted molar refractivity (Wildman–Crippen MR) is 154 cm³/mol. The van der Waals surface area contributed by atoms with Crippen LogP contribution in [0.3, 0.4) is 0 Å². The van der Waals surface area contributed by atoms with Crippen molar-refractivity contribution < 1.29 is 5.11 Å². The minimum Gasteiger partial charge on any atom is -0.507 e. The second-order valence-electron chi connectivity index (χ2n) is 9.28. The van der Waals surface area contributed by atoms with E-state index in [1.165, 1.54) is 0 Å². The molecule has 180 valence electrons. The summed E-state index contributed by atoms with van der Waals surface area (Å²) < 4.78 is 2.19. The van der Waals surface area contributed by atoms with Gasteiger partial charge in [-0.2, -0.15) is 0 Å². The Hall–Kier alpha value is -5.22. The number of benzene rings is 4. The topological polar surface area (TPSA) is 50.9 Å². The van der Waals surface area contributed by atoms with Crippen LogP contribution in [0.5, 0.6) is 5.75 Å². The highest BCUT2D eigenvalue weighted by atomic mass is 16.3. The molecule has 4 heteroatoms. The van der Waals surface area contributed by atoms with Crippen molar-refractivity contribution in [1.82, 2.24) is 14.5 Å². The number of phenols is 1. The zero-order chi connectivity index (χ0) is 25.5. The number of hydrogen-bond acceptors (Lipinski definition) is 3. The van der Waals surface area contributed by atoms with Crippen molar-refractivity contribution in [3.8, 4) is 45.1 Å². The van der Waals surface area contributed by atoms with Crippen LogP contribution >= 0.6 is 0 Å². The van der Waals surface area contributed by atoms with Crippen molar-refractivity contribution in [2.24, 2.45) is 0 Å². The minimum absolute atomic E-state index is 0.216. The van der Waals surface area contributed by atoms with Gasteiger partial charge >= 0.3 is 0 Å². The minimum atomic E-state index is 0.216. The highest BCUT2D eigenvalue weighted by Crippen LogP contribution is 2.35. The molecule has 0 amide bonds. The van der Waals surface area contributed by atoms with Crippen LogP contribution in [-0.2, 0) is 0 Å². The third-order valence-corrected chi connectivity index (χ3v) is 6.97. The standard InChI is InChI=1S/C34H23N3O/c38-33-16-7-5-14-29(33)30-18-17-28-27-13-4-6-15-32(27)37(34(28)36-30)26-12-8-11-25(21-26)31-22-24(19-20-35-31)23-9-2-1-3-10-23/h1-22,38H. The maximum absolute atomic E-state index is 10.5. The van der Waals surface area contributed by atoms with Crippen molar-refractivity contribution >= 4 is 21.9 Å². The average molecular weight is 490 g/mol. The highest BCUT2D eigenvalue weighted by Gasteiger charge is 2.16. The SMILES string of the molecule is Oc1ccccc1-c1ccc2c3ccccc3n(-c3cccc(-c4cc(-c5ccccc5)ccn4)c3)c2n1. The Kier molecular flexibility index (Phi) is 5.22. The van der Waals surface area contributed by atoms with Gasteiger partial charge in [-0.25, -0.2) is 4.98 Å².